The summed E-state index contributed by atoms with van der Waals surface area (Å²) in [7, 11) is 5.44. The first kappa shape index (κ1) is 17.1. The van der Waals surface area contributed by atoms with Crippen molar-refractivity contribution in [3.8, 4) is 11.4 Å². The van der Waals surface area contributed by atoms with Gasteiger partial charge in [0.1, 0.15) is 5.82 Å². The molecule has 0 aliphatic heterocycles. The smallest absolute Gasteiger partial charge is 0.164 e. The van der Waals surface area contributed by atoms with Gasteiger partial charge in [-0.3, -0.25) is 14.3 Å². The van der Waals surface area contributed by atoms with Gasteiger partial charge in [0.25, 0.3) is 0 Å². The van der Waals surface area contributed by atoms with Crippen LogP contribution in [0, 0.1) is 0 Å². The van der Waals surface area contributed by atoms with Crippen LogP contribution in [0.2, 0.25) is 0 Å². The summed E-state index contributed by atoms with van der Waals surface area (Å²) >= 11 is 0. The molecule has 1 N–H and O–H groups in total. The van der Waals surface area contributed by atoms with Crippen LogP contribution < -0.4 is 5.32 Å². The van der Waals surface area contributed by atoms with Crippen molar-refractivity contribution < 1.29 is 4.74 Å². The highest BCUT2D eigenvalue weighted by atomic mass is 16.5. The zero-order valence-corrected chi connectivity index (χ0v) is 15.4. The number of hydrogen-bond donors (Lipinski definition) is 1. The molecule has 4 rings (SSSR count). The summed E-state index contributed by atoms with van der Waals surface area (Å²) in [5, 5.41) is 12.9. The van der Waals surface area contributed by atoms with Crippen molar-refractivity contribution in [2.75, 3.05) is 19.0 Å². The summed E-state index contributed by atoms with van der Waals surface area (Å²) in [6.07, 6.45) is 6.98. The Bertz CT molecular complexity index is 1060. The first-order valence-corrected chi connectivity index (χ1v) is 8.51. The van der Waals surface area contributed by atoms with Crippen LogP contribution >= 0.6 is 0 Å². The van der Waals surface area contributed by atoms with Gasteiger partial charge in [0, 0.05) is 45.4 Å². The third-order valence-electron chi connectivity index (χ3n) is 4.39. The number of fused-ring (bicyclic) bond motifs is 1. The molecule has 0 aliphatic rings. The largest absolute Gasteiger partial charge is 0.382 e. The molecule has 4 aromatic heterocycles. The fourth-order valence-corrected chi connectivity index (χ4v) is 3.02. The Balaban J connectivity index is 1.81. The van der Waals surface area contributed by atoms with E-state index in [-0.39, 0.29) is 6.04 Å². The quantitative estimate of drug-likeness (QED) is 0.559. The Kier molecular flexibility index (Phi) is 4.51. The minimum atomic E-state index is -0.119. The summed E-state index contributed by atoms with van der Waals surface area (Å²) in [5.41, 5.74) is 2.64. The van der Waals surface area contributed by atoms with Crippen LogP contribution in [0.15, 0.2) is 43.0 Å². The Morgan fingerprint density at radius 3 is 2.56 bits per heavy atom. The molecule has 27 heavy (non-hydrogen) atoms. The van der Waals surface area contributed by atoms with Gasteiger partial charge < -0.3 is 10.1 Å². The maximum atomic E-state index is 5.41. The fourth-order valence-electron chi connectivity index (χ4n) is 3.02. The lowest BCUT2D eigenvalue weighted by molar-refractivity contribution is 0.184. The number of methoxy groups -OCH3 is 1. The summed E-state index contributed by atoms with van der Waals surface area (Å²) in [4.78, 5) is 13.5. The average Bonchev–Trinajstić information content (AvgIpc) is 3.28. The van der Waals surface area contributed by atoms with Crippen molar-refractivity contribution >= 4 is 16.9 Å². The number of nitrogens with one attached hydrogen (secondary N) is 1. The molecule has 4 heterocycles. The van der Waals surface area contributed by atoms with E-state index in [9.17, 15) is 0 Å². The molecule has 0 fully saturated rings. The van der Waals surface area contributed by atoms with Gasteiger partial charge in [-0.05, 0) is 18.2 Å². The molecule has 0 aliphatic carbocycles. The van der Waals surface area contributed by atoms with E-state index in [2.05, 4.69) is 25.5 Å². The van der Waals surface area contributed by atoms with Gasteiger partial charge in [-0.25, -0.2) is 9.97 Å². The van der Waals surface area contributed by atoms with Crippen molar-refractivity contribution in [1.29, 1.82) is 0 Å². The van der Waals surface area contributed by atoms with E-state index in [1.54, 1.807) is 36.6 Å². The number of rotatable bonds is 6. The lowest BCUT2D eigenvalue weighted by Gasteiger charge is -2.19. The minimum absolute atomic E-state index is 0.119. The highest BCUT2D eigenvalue weighted by molar-refractivity contribution is 5.88. The van der Waals surface area contributed by atoms with Crippen LogP contribution in [0.3, 0.4) is 0 Å². The highest BCUT2D eigenvalue weighted by Crippen LogP contribution is 2.27. The average molecular weight is 364 g/mol. The number of pyridine rings is 1. The molecule has 0 saturated carbocycles. The summed E-state index contributed by atoms with van der Waals surface area (Å²) in [6.45, 7) is 0.468. The van der Waals surface area contributed by atoms with Gasteiger partial charge in [0.15, 0.2) is 11.5 Å². The fraction of sp³-hybridized carbons (Fsp3) is 0.278. The molecular formula is C18H20N8O. The molecule has 0 amide bonds. The van der Waals surface area contributed by atoms with Crippen LogP contribution in [0.25, 0.3) is 22.4 Å². The summed E-state index contributed by atoms with van der Waals surface area (Å²) in [5.74, 6) is 1.31. The van der Waals surface area contributed by atoms with Crippen molar-refractivity contribution in [3.63, 3.8) is 0 Å². The lowest BCUT2D eigenvalue weighted by Crippen LogP contribution is -2.20. The molecule has 0 spiro atoms. The SMILES string of the molecule is COC[C@@H](Nc1nc(-c2ccncc2)nc2c1cnn2C)c1ccnn1C. The van der Waals surface area contributed by atoms with Crippen LogP contribution in [-0.2, 0) is 18.8 Å². The highest BCUT2D eigenvalue weighted by Gasteiger charge is 2.19. The molecule has 1 atom stereocenters. The monoisotopic (exact) mass is 364 g/mol. The third-order valence-corrected chi connectivity index (χ3v) is 4.39. The van der Waals surface area contributed by atoms with Crippen molar-refractivity contribution in [2.24, 2.45) is 14.1 Å². The van der Waals surface area contributed by atoms with Gasteiger partial charge in [0.2, 0.25) is 0 Å². The van der Waals surface area contributed by atoms with Crippen molar-refractivity contribution in [1.82, 2.24) is 34.5 Å². The van der Waals surface area contributed by atoms with Crippen LogP contribution in [0.1, 0.15) is 11.7 Å². The Morgan fingerprint density at radius 2 is 1.85 bits per heavy atom. The van der Waals surface area contributed by atoms with Crippen molar-refractivity contribution in [2.45, 2.75) is 6.04 Å². The lowest BCUT2D eigenvalue weighted by atomic mass is 10.2. The first-order chi connectivity index (χ1) is 13.2. The van der Waals surface area contributed by atoms with Gasteiger partial charge in [-0.2, -0.15) is 10.2 Å². The third kappa shape index (κ3) is 3.24. The Labute approximate surface area is 156 Å². The molecular weight excluding hydrogens is 344 g/mol. The predicted molar refractivity (Wildman–Crippen MR) is 101 cm³/mol. The van der Waals surface area contributed by atoms with Gasteiger partial charge >= 0.3 is 0 Å². The topological polar surface area (TPSA) is 95.6 Å². The van der Waals surface area contributed by atoms with Gasteiger partial charge in [-0.1, -0.05) is 0 Å². The van der Waals surface area contributed by atoms with E-state index in [4.69, 9.17) is 9.72 Å². The number of nitrogens with zero attached hydrogens (tertiary/aromatic N) is 7. The van der Waals surface area contributed by atoms with Gasteiger partial charge in [0.05, 0.1) is 29.9 Å². The van der Waals surface area contributed by atoms with Crippen LogP contribution in [-0.4, -0.2) is 48.2 Å². The number of ether oxygens (including phenoxy) is 1. The Morgan fingerprint density at radius 1 is 1.04 bits per heavy atom. The second-order valence-corrected chi connectivity index (χ2v) is 6.17. The first-order valence-electron chi connectivity index (χ1n) is 8.51. The number of anilines is 1. The van der Waals surface area contributed by atoms with E-state index < -0.39 is 0 Å². The molecule has 0 radical (unpaired) electrons. The summed E-state index contributed by atoms with van der Waals surface area (Å²) < 4.78 is 8.97. The number of aromatic nitrogens is 7. The molecule has 9 nitrogen and oxygen atoms in total. The maximum absolute atomic E-state index is 5.41. The second-order valence-electron chi connectivity index (χ2n) is 6.17. The van der Waals surface area contributed by atoms with Crippen LogP contribution in [0.4, 0.5) is 5.82 Å². The van der Waals surface area contributed by atoms with Crippen molar-refractivity contribution in [3.05, 3.63) is 48.7 Å². The molecule has 138 valence electrons. The van der Waals surface area contributed by atoms with Gasteiger partial charge in [-0.15, -0.1) is 0 Å². The zero-order chi connectivity index (χ0) is 18.8. The second kappa shape index (κ2) is 7.12. The minimum Gasteiger partial charge on any atom is -0.382 e. The molecule has 0 bridgehead atoms. The maximum Gasteiger partial charge on any atom is 0.164 e. The molecule has 9 heteroatoms. The molecule has 0 aromatic carbocycles. The molecule has 0 unspecified atom stereocenters. The van der Waals surface area contributed by atoms with E-state index in [1.165, 1.54) is 0 Å². The predicted octanol–water partition coefficient (Wildman–Crippen LogP) is 1.96. The normalized spacial score (nSPS) is 12.4. The molecule has 0 saturated heterocycles. The standard InChI is InChI=1S/C18H20N8O/c1-25-15(6-9-20-25)14(11-27-3)22-17-13-10-21-26(2)18(13)24-16(23-17)12-4-7-19-8-5-12/h4-10,14H,11H2,1-3H3,(H,22,23,24)/t14-/m1/s1. The Hall–Kier alpha value is -3.33. The molecule has 4 aromatic rings. The zero-order valence-electron chi connectivity index (χ0n) is 15.4. The number of hydrogen-bond acceptors (Lipinski definition) is 7. The van der Waals surface area contributed by atoms with E-state index in [0.717, 1.165) is 22.3 Å². The number of aryl methyl sites for hydroxylation is 2. The summed E-state index contributed by atoms with van der Waals surface area (Å²) in [6, 6.07) is 5.61. The van der Waals surface area contributed by atoms with E-state index in [0.29, 0.717) is 18.2 Å². The van der Waals surface area contributed by atoms with E-state index >= 15 is 0 Å². The van der Waals surface area contributed by atoms with E-state index in [1.807, 2.05) is 37.0 Å². The van der Waals surface area contributed by atoms with Crippen LogP contribution in [0.5, 0.6) is 0 Å².